The summed E-state index contributed by atoms with van der Waals surface area (Å²) in [6, 6.07) is 47.9. The van der Waals surface area contributed by atoms with Crippen LogP contribution < -0.4 is 0 Å². The molecule has 7 aromatic carbocycles. The Labute approximate surface area is 308 Å². The van der Waals surface area contributed by atoms with Gasteiger partial charge in [-0.15, -0.1) is 0 Å². The summed E-state index contributed by atoms with van der Waals surface area (Å²) in [5.74, 6) is 0. The molecule has 2 aromatic heterocycles. The summed E-state index contributed by atoms with van der Waals surface area (Å²) in [5.41, 5.74) is 8.78. The Morgan fingerprint density at radius 2 is 0.981 bits per heavy atom. The maximum Gasteiger partial charge on any atom is 0.416 e. The number of benzene rings is 7. The number of para-hydroxylation sites is 2. The lowest BCUT2D eigenvalue weighted by Gasteiger charge is -2.23. The maximum atomic E-state index is 14.0. The van der Waals surface area contributed by atoms with Gasteiger partial charge in [-0.3, -0.25) is 0 Å². The Morgan fingerprint density at radius 3 is 1.54 bits per heavy atom. The third kappa shape index (κ3) is 4.98. The molecule has 0 unspecified atom stereocenters. The summed E-state index contributed by atoms with van der Waals surface area (Å²) >= 11 is 0. The quantitative estimate of drug-likeness (QED) is 0.183. The second-order valence-electron chi connectivity index (χ2n) is 13.6. The molecule has 0 aliphatic rings. The minimum Gasteiger partial charge on any atom is -0.309 e. The average Bonchev–Trinajstić information content (AvgIpc) is 3.68. The molecule has 0 N–H and O–H groups in total. The second-order valence-corrected chi connectivity index (χ2v) is 13.6. The number of halogens is 3. The number of rotatable bonds is 4. The van der Waals surface area contributed by atoms with Gasteiger partial charge in [0.15, 0.2) is 0 Å². The molecule has 9 rings (SSSR count). The van der Waals surface area contributed by atoms with Crippen LogP contribution in [0.5, 0.6) is 0 Å². The highest BCUT2D eigenvalue weighted by atomic mass is 19.4. The molecule has 258 valence electrons. The summed E-state index contributed by atoms with van der Waals surface area (Å²) < 4.78 is 46.3. The van der Waals surface area contributed by atoms with E-state index in [1.54, 1.807) is 6.07 Å². The zero-order chi connectivity index (χ0) is 37.3. The van der Waals surface area contributed by atoms with Gasteiger partial charge in [0.25, 0.3) is 0 Å². The minimum absolute atomic E-state index is 0.121. The number of hydrogen-bond donors (Lipinski definition) is 0. The van der Waals surface area contributed by atoms with Crippen molar-refractivity contribution in [3.8, 4) is 45.8 Å². The van der Waals surface area contributed by atoms with E-state index in [2.05, 4.69) is 82.8 Å². The van der Waals surface area contributed by atoms with Crippen molar-refractivity contribution in [2.45, 2.75) is 20.0 Å². The normalized spacial score (nSPS) is 11.8. The maximum absolute atomic E-state index is 14.0. The van der Waals surface area contributed by atoms with Crippen LogP contribution in [0.15, 0.2) is 140 Å². The Kier molecular flexibility index (Phi) is 7.44. The van der Waals surface area contributed by atoms with Crippen molar-refractivity contribution in [2.24, 2.45) is 0 Å². The molecule has 0 radical (unpaired) electrons. The monoisotopic (exact) mass is 706 g/mol. The van der Waals surface area contributed by atoms with Crippen LogP contribution in [0.4, 0.5) is 13.2 Å². The number of aryl methyl sites for hydroxylation is 2. The van der Waals surface area contributed by atoms with Crippen LogP contribution in [0.2, 0.25) is 0 Å². The molecule has 0 saturated heterocycles. The molecule has 0 atom stereocenters. The molecule has 2 heterocycles. The molecule has 7 heteroatoms. The first-order chi connectivity index (χ1) is 26.2. The molecule has 54 heavy (non-hydrogen) atoms. The Bertz CT molecular complexity index is 3090. The van der Waals surface area contributed by atoms with Gasteiger partial charge in [0, 0.05) is 38.2 Å². The molecule has 0 bridgehead atoms. The van der Waals surface area contributed by atoms with Crippen molar-refractivity contribution < 1.29 is 13.2 Å². The van der Waals surface area contributed by atoms with Crippen molar-refractivity contribution in [3.05, 3.63) is 167 Å². The van der Waals surface area contributed by atoms with Crippen molar-refractivity contribution >= 4 is 43.6 Å². The molecule has 0 amide bonds. The van der Waals surface area contributed by atoms with Crippen LogP contribution in [0.1, 0.15) is 27.8 Å². The van der Waals surface area contributed by atoms with Crippen LogP contribution in [-0.2, 0) is 6.18 Å². The summed E-state index contributed by atoms with van der Waals surface area (Å²) in [6.45, 7) is 4.11. The molecular weight excluding hydrogens is 678 g/mol. The first-order valence-corrected chi connectivity index (χ1v) is 17.5. The number of fused-ring (bicyclic) bond motifs is 6. The van der Waals surface area contributed by atoms with Crippen molar-refractivity contribution in [2.75, 3.05) is 0 Å². The van der Waals surface area contributed by atoms with E-state index in [4.69, 9.17) is 0 Å². The average molecular weight is 707 g/mol. The van der Waals surface area contributed by atoms with E-state index in [1.165, 1.54) is 6.07 Å². The first kappa shape index (κ1) is 32.8. The zero-order valence-electron chi connectivity index (χ0n) is 29.2. The predicted molar refractivity (Wildman–Crippen MR) is 210 cm³/mol. The van der Waals surface area contributed by atoms with Gasteiger partial charge in [-0.05, 0) is 86.1 Å². The van der Waals surface area contributed by atoms with E-state index < -0.39 is 11.7 Å². The summed E-state index contributed by atoms with van der Waals surface area (Å²) in [6.07, 6.45) is -4.63. The summed E-state index contributed by atoms with van der Waals surface area (Å²) in [5, 5.41) is 25.5. The number of alkyl halides is 3. The second kappa shape index (κ2) is 12.3. The molecule has 4 nitrogen and oxygen atoms in total. The number of hydrogen-bond acceptors (Lipinski definition) is 2. The van der Waals surface area contributed by atoms with E-state index in [0.29, 0.717) is 33.5 Å². The smallest absolute Gasteiger partial charge is 0.309 e. The Hall–Kier alpha value is -7.09. The minimum atomic E-state index is -4.63. The van der Waals surface area contributed by atoms with Crippen LogP contribution in [-0.4, -0.2) is 9.13 Å². The number of nitriles is 2. The summed E-state index contributed by atoms with van der Waals surface area (Å²) in [7, 11) is 0. The highest BCUT2D eigenvalue weighted by Crippen LogP contribution is 2.47. The van der Waals surface area contributed by atoms with E-state index >= 15 is 0 Å². The zero-order valence-corrected chi connectivity index (χ0v) is 29.2. The van der Waals surface area contributed by atoms with Gasteiger partial charge >= 0.3 is 6.18 Å². The highest BCUT2D eigenvalue weighted by molar-refractivity contribution is 6.12. The molecular formula is C47H29F3N4. The van der Waals surface area contributed by atoms with Gasteiger partial charge in [-0.25, -0.2) is 0 Å². The van der Waals surface area contributed by atoms with Gasteiger partial charge in [0.1, 0.15) is 0 Å². The van der Waals surface area contributed by atoms with Gasteiger partial charge in [0.2, 0.25) is 0 Å². The van der Waals surface area contributed by atoms with Gasteiger partial charge < -0.3 is 9.13 Å². The Morgan fingerprint density at radius 1 is 0.463 bits per heavy atom. The van der Waals surface area contributed by atoms with Gasteiger partial charge in [0.05, 0.1) is 62.3 Å². The molecule has 0 fully saturated rings. The van der Waals surface area contributed by atoms with Crippen molar-refractivity contribution in [3.63, 3.8) is 0 Å². The van der Waals surface area contributed by atoms with Crippen molar-refractivity contribution in [1.82, 2.24) is 9.13 Å². The van der Waals surface area contributed by atoms with E-state index in [9.17, 15) is 23.7 Å². The molecule has 0 saturated carbocycles. The largest absolute Gasteiger partial charge is 0.416 e. The lowest BCUT2D eigenvalue weighted by molar-refractivity contribution is -0.137. The topological polar surface area (TPSA) is 57.4 Å². The van der Waals surface area contributed by atoms with E-state index in [-0.39, 0.29) is 5.56 Å². The van der Waals surface area contributed by atoms with Crippen LogP contribution in [0.3, 0.4) is 0 Å². The van der Waals surface area contributed by atoms with Gasteiger partial charge in [-0.2, -0.15) is 23.7 Å². The van der Waals surface area contributed by atoms with Crippen LogP contribution in [0.25, 0.3) is 77.2 Å². The fraction of sp³-hybridized carbons (Fsp3) is 0.0638. The molecule has 0 aliphatic heterocycles. The highest BCUT2D eigenvalue weighted by Gasteiger charge is 2.32. The SMILES string of the molecule is Cc1ccc2c(c1)c1ccccc1n2-c1cccc(C#N)c1-c1c(-c2ccc(C(F)(F)F)cc2C#N)cccc1-n1c2ccccc2c2cc(C)ccc21. The fourth-order valence-electron chi connectivity index (χ4n) is 8.04. The lowest BCUT2D eigenvalue weighted by atomic mass is 9.87. The third-order valence-electron chi connectivity index (χ3n) is 10.4. The van der Waals surface area contributed by atoms with Crippen molar-refractivity contribution in [1.29, 1.82) is 10.5 Å². The van der Waals surface area contributed by atoms with E-state index in [0.717, 1.165) is 72.6 Å². The molecule has 0 spiro atoms. The number of nitrogens with zero attached hydrogens (tertiary/aromatic N) is 4. The van der Waals surface area contributed by atoms with Crippen LogP contribution >= 0.6 is 0 Å². The first-order valence-electron chi connectivity index (χ1n) is 17.5. The predicted octanol–water partition coefficient (Wildman–Crippen LogP) is 12.6. The molecule has 0 aliphatic carbocycles. The third-order valence-corrected chi connectivity index (χ3v) is 10.4. The lowest BCUT2D eigenvalue weighted by Crippen LogP contribution is -2.07. The molecule has 9 aromatic rings. The standard InChI is InChI=1S/C47H29F3N4/c1-28-17-21-41-37(23-28)34-10-3-5-13-39(34)53(41)43-15-7-9-30(26-51)45(43)46-36(33-20-19-32(47(48,49)50)25-31(33)27-52)12-8-16-44(46)54-40-14-6-4-11-35(40)38-24-29(2)18-22-42(38)54/h3-25H,1-2H3. The number of aromatic nitrogens is 2. The van der Waals surface area contributed by atoms with E-state index in [1.807, 2.05) is 67.6 Å². The Balaban J connectivity index is 1.48. The fourth-order valence-corrected chi connectivity index (χ4v) is 8.04. The van der Waals surface area contributed by atoms with Crippen LogP contribution in [0, 0.1) is 36.5 Å². The van der Waals surface area contributed by atoms with Gasteiger partial charge in [-0.1, -0.05) is 83.9 Å². The summed E-state index contributed by atoms with van der Waals surface area (Å²) in [4.78, 5) is 0.